The first kappa shape index (κ1) is 20.4. The standard InChI is InChI=1S/C20H26N4O3/c1-24(2)13-5-12-21-19(25)17-6-4-7-18(23-17)20(26)22-14-15-8-10-16(27-3)11-9-15/h4,6-11H,5,12-14H2,1-3H3,(H,21,25)(H,22,26). The van der Waals surface area contributed by atoms with Crippen molar-refractivity contribution in [3.8, 4) is 5.75 Å². The molecule has 2 rings (SSSR count). The highest BCUT2D eigenvalue weighted by molar-refractivity contribution is 5.96. The van der Waals surface area contributed by atoms with Crippen molar-refractivity contribution in [1.29, 1.82) is 0 Å². The maximum atomic E-state index is 12.3. The molecule has 0 saturated carbocycles. The average Bonchev–Trinajstić information content (AvgIpc) is 2.69. The molecule has 0 atom stereocenters. The maximum Gasteiger partial charge on any atom is 0.270 e. The van der Waals surface area contributed by atoms with Gasteiger partial charge in [-0.15, -0.1) is 0 Å². The number of methoxy groups -OCH3 is 1. The molecule has 2 N–H and O–H groups in total. The van der Waals surface area contributed by atoms with Gasteiger partial charge in [0, 0.05) is 13.1 Å². The molecule has 1 aromatic heterocycles. The molecule has 0 saturated heterocycles. The number of ether oxygens (including phenoxy) is 1. The molecular formula is C20H26N4O3. The quantitative estimate of drug-likeness (QED) is 0.657. The van der Waals surface area contributed by atoms with E-state index in [1.165, 1.54) is 0 Å². The highest BCUT2D eigenvalue weighted by Crippen LogP contribution is 2.11. The summed E-state index contributed by atoms with van der Waals surface area (Å²) in [5.41, 5.74) is 1.39. The highest BCUT2D eigenvalue weighted by Gasteiger charge is 2.12. The van der Waals surface area contributed by atoms with Gasteiger partial charge in [0.1, 0.15) is 17.1 Å². The Labute approximate surface area is 159 Å². The molecule has 0 aliphatic heterocycles. The molecule has 2 aromatic rings. The summed E-state index contributed by atoms with van der Waals surface area (Å²) in [6.07, 6.45) is 0.848. The van der Waals surface area contributed by atoms with E-state index in [9.17, 15) is 9.59 Å². The average molecular weight is 370 g/mol. The Morgan fingerprint density at radius 2 is 1.63 bits per heavy atom. The van der Waals surface area contributed by atoms with Crippen LogP contribution < -0.4 is 15.4 Å². The van der Waals surface area contributed by atoms with Gasteiger partial charge >= 0.3 is 0 Å². The van der Waals surface area contributed by atoms with Gasteiger partial charge in [0.25, 0.3) is 11.8 Å². The number of rotatable bonds is 9. The van der Waals surface area contributed by atoms with Crippen LogP contribution in [0.3, 0.4) is 0 Å². The zero-order chi connectivity index (χ0) is 19.6. The Kier molecular flexibility index (Phi) is 7.76. The second-order valence-corrected chi connectivity index (χ2v) is 6.35. The molecule has 1 heterocycles. The van der Waals surface area contributed by atoms with E-state index in [0.717, 1.165) is 24.3 Å². The van der Waals surface area contributed by atoms with E-state index in [1.54, 1.807) is 25.3 Å². The SMILES string of the molecule is COc1ccc(CNC(=O)c2cccc(C(=O)NCCCN(C)C)n2)cc1. The molecule has 0 bridgehead atoms. The number of nitrogens with one attached hydrogen (secondary N) is 2. The first-order valence-corrected chi connectivity index (χ1v) is 8.80. The lowest BCUT2D eigenvalue weighted by atomic mass is 10.2. The lowest BCUT2D eigenvalue weighted by molar-refractivity contribution is 0.0942. The second-order valence-electron chi connectivity index (χ2n) is 6.35. The molecule has 7 nitrogen and oxygen atoms in total. The van der Waals surface area contributed by atoms with E-state index >= 15 is 0 Å². The predicted octanol–water partition coefficient (Wildman–Crippen LogP) is 1.70. The van der Waals surface area contributed by atoms with Crippen LogP contribution in [-0.4, -0.2) is 56.0 Å². The number of nitrogens with zero attached hydrogens (tertiary/aromatic N) is 2. The monoisotopic (exact) mass is 370 g/mol. The normalized spacial score (nSPS) is 10.5. The van der Waals surface area contributed by atoms with E-state index in [4.69, 9.17) is 4.74 Å². The Balaban J connectivity index is 1.89. The largest absolute Gasteiger partial charge is 0.497 e. The summed E-state index contributed by atoms with van der Waals surface area (Å²) in [6, 6.07) is 12.3. The molecule has 0 radical (unpaired) electrons. The van der Waals surface area contributed by atoms with Crippen LogP contribution in [0.15, 0.2) is 42.5 Å². The van der Waals surface area contributed by atoms with Crippen molar-refractivity contribution < 1.29 is 14.3 Å². The summed E-state index contributed by atoms with van der Waals surface area (Å²) < 4.78 is 5.11. The third kappa shape index (κ3) is 6.71. The van der Waals surface area contributed by atoms with Crippen LogP contribution in [-0.2, 0) is 6.54 Å². The Morgan fingerprint density at radius 1 is 1.00 bits per heavy atom. The van der Waals surface area contributed by atoms with Crippen molar-refractivity contribution >= 4 is 11.8 Å². The minimum atomic E-state index is -0.326. The van der Waals surface area contributed by atoms with E-state index in [1.807, 2.05) is 38.4 Å². The zero-order valence-corrected chi connectivity index (χ0v) is 16.0. The summed E-state index contributed by atoms with van der Waals surface area (Å²) >= 11 is 0. The van der Waals surface area contributed by atoms with Gasteiger partial charge in [-0.2, -0.15) is 0 Å². The molecule has 2 amide bonds. The maximum absolute atomic E-state index is 12.3. The summed E-state index contributed by atoms with van der Waals surface area (Å²) in [5.74, 6) is 0.155. The molecule has 7 heteroatoms. The number of benzene rings is 1. The molecular weight excluding hydrogens is 344 g/mol. The Hall–Kier alpha value is -2.93. The minimum absolute atomic E-state index is 0.212. The number of carbonyl (C=O) groups excluding carboxylic acids is 2. The van der Waals surface area contributed by atoms with E-state index in [2.05, 4.69) is 20.5 Å². The first-order chi connectivity index (χ1) is 13.0. The number of hydrogen-bond acceptors (Lipinski definition) is 5. The number of aromatic nitrogens is 1. The molecule has 1 aromatic carbocycles. The van der Waals surface area contributed by atoms with Crippen LogP contribution in [0.1, 0.15) is 33.0 Å². The third-order valence-corrected chi connectivity index (χ3v) is 3.89. The van der Waals surface area contributed by atoms with Crippen LogP contribution >= 0.6 is 0 Å². The van der Waals surface area contributed by atoms with Crippen LogP contribution in [0.4, 0.5) is 0 Å². The van der Waals surface area contributed by atoms with Crippen molar-refractivity contribution in [3.05, 3.63) is 59.4 Å². The summed E-state index contributed by atoms with van der Waals surface area (Å²) in [4.78, 5) is 30.7. The van der Waals surface area contributed by atoms with E-state index < -0.39 is 0 Å². The fourth-order valence-electron chi connectivity index (χ4n) is 2.39. The number of hydrogen-bond donors (Lipinski definition) is 2. The Bertz CT molecular complexity index is 760. The minimum Gasteiger partial charge on any atom is -0.497 e. The van der Waals surface area contributed by atoms with Gasteiger partial charge in [0.2, 0.25) is 0 Å². The lowest BCUT2D eigenvalue weighted by Gasteiger charge is -2.10. The van der Waals surface area contributed by atoms with Crippen LogP contribution in [0, 0.1) is 0 Å². The van der Waals surface area contributed by atoms with Gasteiger partial charge in [0.15, 0.2) is 0 Å². The topological polar surface area (TPSA) is 83.6 Å². The third-order valence-electron chi connectivity index (χ3n) is 3.89. The van der Waals surface area contributed by atoms with Gasteiger partial charge in [-0.25, -0.2) is 4.98 Å². The molecule has 0 fully saturated rings. The second kappa shape index (κ2) is 10.3. The molecule has 0 aliphatic carbocycles. The molecule has 0 aliphatic rings. The molecule has 27 heavy (non-hydrogen) atoms. The van der Waals surface area contributed by atoms with Crippen molar-refractivity contribution in [2.45, 2.75) is 13.0 Å². The number of pyridine rings is 1. The van der Waals surface area contributed by atoms with E-state index in [-0.39, 0.29) is 23.2 Å². The summed E-state index contributed by atoms with van der Waals surface area (Å²) in [7, 11) is 5.57. The predicted molar refractivity (Wildman–Crippen MR) is 104 cm³/mol. The van der Waals surface area contributed by atoms with Gasteiger partial charge in [0.05, 0.1) is 7.11 Å². The van der Waals surface area contributed by atoms with Crippen LogP contribution in [0.2, 0.25) is 0 Å². The van der Waals surface area contributed by atoms with Crippen molar-refractivity contribution in [3.63, 3.8) is 0 Å². The van der Waals surface area contributed by atoms with Crippen molar-refractivity contribution in [1.82, 2.24) is 20.5 Å². The van der Waals surface area contributed by atoms with Gasteiger partial charge in [-0.05, 0) is 56.9 Å². The van der Waals surface area contributed by atoms with E-state index in [0.29, 0.717) is 13.1 Å². The van der Waals surface area contributed by atoms with Crippen LogP contribution in [0.25, 0.3) is 0 Å². The summed E-state index contributed by atoms with van der Waals surface area (Å²) in [6.45, 7) is 1.82. The van der Waals surface area contributed by atoms with Gasteiger partial charge in [-0.1, -0.05) is 18.2 Å². The van der Waals surface area contributed by atoms with Gasteiger partial charge < -0.3 is 20.3 Å². The summed E-state index contributed by atoms with van der Waals surface area (Å²) in [5, 5.41) is 5.62. The Morgan fingerprint density at radius 3 is 2.22 bits per heavy atom. The number of amides is 2. The smallest absolute Gasteiger partial charge is 0.270 e. The highest BCUT2D eigenvalue weighted by atomic mass is 16.5. The van der Waals surface area contributed by atoms with Crippen LogP contribution in [0.5, 0.6) is 5.75 Å². The molecule has 0 spiro atoms. The van der Waals surface area contributed by atoms with Crippen molar-refractivity contribution in [2.24, 2.45) is 0 Å². The lowest BCUT2D eigenvalue weighted by Crippen LogP contribution is -2.29. The number of carbonyl (C=O) groups is 2. The zero-order valence-electron chi connectivity index (χ0n) is 16.0. The molecule has 144 valence electrons. The first-order valence-electron chi connectivity index (χ1n) is 8.80. The van der Waals surface area contributed by atoms with Gasteiger partial charge in [-0.3, -0.25) is 9.59 Å². The molecule has 0 unspecified atom stereocenters. The fraction of sp³-hybridized carbons (Fsp3) is 0.350. The fourth-order valence-corrected chi connectivity index (χ4v) is 2.39. The van der Waals surface area contributed by atoms with Crippen molar-refractivity contribution in [2.75, 3.05) is 34.3 Å².